The predicted octanol–water partition coefficient (Wildman–Crippen LogP) is 3.81. The van der Waals surface area contributed by atoms with Crippen LogP contribution in [0.4, 0.5) is 0 Å². The molecule has 1 nitrogen and oxygen atoms in total. The lowest BCUT2D eigenvalue weighted by atomic mass is 9.93. The Bertz CT molecular complexity index is 478. The second kappa shape index (κ2) is 4.87. The van der Waals surface area contributed by atoms with Crippen LogP contribution >= 0.6 is 0 Å². The van der Waals surface area contributed by atoms with Gasteiger partial charge >= 0.3 is 0 Å². The molecule has 3 aliphatic carbocycles. The van der Waals surface area contributed by atoms with Crippen molar-refractivity contribution in [3.05, 3.63) is 35.4 Å². The average Bonchev–Trinajstić information content (AvgIpc) is 2.86. The van der Waals surface area contributed by atoms with Gasteiger partial charge in [0.2, 0.25) is 0 Å². The Kier molecular flexibility index (Phi) is 3.14. The number of rotatable bonds is 5. The van der Waals surface area contributed by atoms with Gasteiger partial charge in [0.15, 0.2) is 0 Å². The number of fused-ring (bicyclic) bond motifs is 5. The van der Waals surface area contributed by atoms with E-state index in [0.29, 0.717) is 0 Å². The number of aryl methyl sites for hydroxylation is 1. The van der Waals surface area contributed by atoms with Gasteiger partial charge in [0.05, 0.1) is 0 Å². The fourth-order valence-electron chi connectivity index (χ4n) is 5.63. The molecule has 0 amide bonds. The van der Waals surface area contributed by atoms with E-state index >= 15 is 0 Å². The molecule has 1 N–H and O–H groups in total. The molecule has 3 fully saturated rings. The molecule has 4 rings (SSSR count). The lowest BCUT2D eigenvalue weighted by Gasteiger charge is -2.22. The van der Waals surface area contributed by atoms with E-state index in [-0.39, 0.29) is 0 Å². The topological polar surface area (TPSA) is 12.0 Å². The summed E-state index contributed by atoms with van der Waals surface area (Å²) in [7, 11) is 0. The van der Waals surface area contributed by atoms with Crippen molar-refractivity contribution in [2.24, 2.45) is 29.6 Å². The molecule has 0 aliphatic heterocycles. The van der Waals surface area contributed by atoms with E-state index in [2.05, 4.69) is 43.4 Å². The van der Waals surface area contributed by atoms with Crippen molar-refractivity contribution >= 4 is 0 Å². The third kappa shape index (κ3) is 2.02. The molecule has 1 heteroatoms. The molecule has 5 unspecified atom stereocenters. The maximum atomic E-state index is 3.81. The zero-order chi connectivity index (χ0) is 13.7. The summed E-state index contributed by atoms with van der Waals surface area (Å²) in [6.07, 6.45) is 5.86. The van der Waals surface area contributed by atoms with Crippen LogP contribution in [-0.2, 0) is 6.42 Å². The molecular formula is C19H27N. The predicted molar refractivity (Wildman–Crippen MR) is 83.6 cm³/mol. The van der Waals surface area contributed by atoms with Gasteiger partial charge in [0.25, 0.3) is 0 Å². The molecule has 1 aromatic rings. The van der Waals surface area contributed by atoms with Gasteiger partial charge in [0, 0.05) is 6.04 Å². The Morgan fingerprint density at radius 2 is 1.95 bits per heavy atom. The molecule has 0 spiro atoms. The van der Waals surface area contributed by atoms with Crippen LogP contribution in [0.15, 0.2) is 24.3 Å². The van der Waals surface area contributed by atoms with E-state index in [4.69, 9.17) is 0 Å². The van der Waals surface area contributed by atoms with Crippen molar-refractivity contribution in [3.63, 3.8) is 0 Å². The van der Waals surface area contributed by atoms with Gasteiger partial charge in [-0.15, -0.1) is 0 Å². The first-order valence-corrected chi connectivity index (χ1v) is 8.57. The van der Waals surface area contributed by atoms with Crippen molar-refractivity contribution in [2.45, 2.75) is 45.6 Å². The maximum absolute atomic E-state index is 3.81. The number of hydrogen-bond donors (Lipinski definition) is 1. The zero-order valence-electron chi connectivity index (χ0n) is 12.8. The molecule has 5 atom stereocenters. The van der Waals surface area contributed by atoms with Crippen LogP contribution in [-0.4, -0.2) is 12.6 Å². The summed E-state index contributed by atoms with van der Waals surface area (Å²) in [5, 5.41) is 3.81. The first-order valence-electron chi connectivity index (χ1n) is 8.57. The highest BCUT2D eigenvalue weighted by Crippen LogP contribution is 2.70. The van der Waals surface area contributed by atoms with E-state index < -0.39 is 0 Å². The molecule has 0 radical (unpaired) electrons. The Balaban J connectivity index is 1.49. The fourth-order valence-corrected chi connectivity index (χ4v) is 5.63. The highest BCUT2D eigenvalue weighted by Gasteiger charge is 2.66. The largest absolute Gasteiger partial charge is 0.314 e. The lowest BCUT2D eigenvalue weighted by Crippen LogP contribution is -2.35. The quantitative estimate of drug-likeness (QED) is 0.857. The van der Waals surface area contributed by atoms with Crippen LogP contribution in [0.25, 0.3) is 0 Å². The van der Waals surface area contributed by atoms with Gasteiger partial charge < -0.3 is 5.32 Å². The average molecular weight is 269 g/mol. The highest BCUT2D eigenvalue weighted by atomic mass is 14.9. The molecule has 108 valence electrons. The zero-order valence-corrected chi connectivity index (χ0v) is 12.8. The van der Waals surface area contributed by atoms with Gasteiger partial charge in [0.1, 0.15) is 0 Å². The molecule has 3 saturated carbocycles. The minimum absolute atomic E-state index is 0.722. The second-order valence-corrected chi connectivity index (χ2v) is 7.42. The van der Waals surface area contributed by atoms with Crippen LogP contribution in [0.5, 0.6) is 0 Å². The summed E-state index contributed by atoms with van der Waals surface area (Å²) in [5.74, 6) is 5.34. The number of benzene rings is 1. The number of likely N-dealkylation sites (N-methyl/N-ethyl adjacent to an activating group) is 1. The Hall–Kier alpha value is -0.820. The lowest BCUT2D eigenvalue weighted by molar-refractivity contribution is 0.365. The van der Waals surface area contributed by atoms with E-state index in [9.17, 15) is 0 Å². The van der Waals surface area contributed by atoms with Gasteiger partial charge in [-0.05, 0) is 74.3 Å². The first-order chi connectivity index (χ1) is 9.78. The minimum atomic E-state index is 0.722. The minimum Gasteiger partial charge on any atom is -0.314 e. The van der Waals surface area contributed by atoms with Crippen LogP contribution in [0.3, 0.4) is 0 Å². The molecule has 0 aromatic heterocycles. The second-order valence-electron chi connectivity index (χ2n) is 7.42. The van der Waals surface area contributed by atoms with Crippen molar-refractivity contribution in [3.8, 4) is 0 Å². The van der Waals surface area contributed by atoms with E-state index in [1.54, 1.807) is 6.42 Å². The standard InChI is InChI=1S/C19H27N/c1-3-20-16(10-13-6-4-5-12(2)9-13)19-17-14-7-8-15(11-14)18(17)19/h4-6,9,14-20H,3,7-8,10-11H2,1-2H3. The Morgan fingerprint density at radius 1 is 1.20 bits per heavy atom. The molecule has 1 aromatic carbocycles. The van der Waals surface area contributed by atoms with Gasteiger partial charge in [-0.1, -0.05) is 36.8 Å². The maximum Gasteiger partial charge on any atom is 0.0141 e. The summed E-state index contributed by atoms with van der Waals surface area (Å²) in [5.41, 5.74) is 2.92. The van der Waals surface area contributed by atoms with Crippen LogP contribution in [0.2, 0.25) is 0 Å². The van der Waals surface area contributed by atoms with Crippen LogP contribution in [0, 0.1) is 36.5 Å². The third-order valence-corrected chi connectivity index (χ3v) is 6.26. The summed E-state index contributed by atoms with van der Waals surface area (Å²) < 4.78 is 0. The summed E-state index contributed by atoms with van der Waals surface area (Å²) >= 11 is 0. The molecule has 2 bridgehead atoms. The van der Waals surface area contributed by atoms with Gasteiger partial charge in [-0.2, -0.15) is 0 Å². The highest BCUT2D eigenvalue weighted by molar-refractivity contribution is 5.25. The fraction of sp³-hybridized carbons (Fsp3) is 0.684. The van der Waals surface area contributed by atoms with E-state index in [1.165, 1.54) is 30.4 Å². The molecule has 3 aliphatic rings. The number of nitrogens with one attached hydrogen (secondary N) is 1. The summed E-state index contributed by atoms with van der Waals surface area (Å²) in [6.45, 7) is 5.58. The van der Waals surface area contributed by atoms with Crippen molar-refractivity contribution in [2.75, 3.05) is 6.54 Å². The van der Waals surface area contributed by atoms with Crippen LogP contribution < -0.4 is 5.32 Å². The molecule has 20 heavy (non-hydrogen) atoms. The summed E-state index contributed by atoms with van der Waals surface area (Å²) in [4.78, 5) is 0. The first kappa shape index (κ1) is 12.9. The van der Waals surface area contributed by atoms with Gasteiger partial charge in [-0.25, -0.2) is 0 Å². The smallest absolute Gasteiger partial charge is 0.0141 e. The molecule has 0 heterocycles. The molecule has 0 saturated heterocycles. The van der Waals surface area contributed by atoms with E-state index in [0.717, 1.165) is 42.2 Å². The van der Waals surface area contributed by atoms with Crippen molar-refractivity contribution < 1.29 is 0 Å². The summed E-state index contributed by atoms with van der Waals surface area (Å²) in [6, 6.07) is 9.82. The van der Waals surface area contributed by atoms with E-state index in [1.807, 2.05) is 0 Å². The Labute approximate surface area is 123 Å². The molecular weight excluding hydrogens is 242 g/mol. The van der Waals surface area contributed by atoms with Crippen LogP contribution in [0.1, 0.15) is 37.3 Å². The number of hydrogen-bond acceptors (Lipinski definition) is 1. The van der Waals surface area contributed by atoms with Gasteiger partial charge in [-0.3, -0.25) is 0 Å². The van der Waals surface area contributed by atoms with Crippen molar-refractivity contribution in [1.29, 1.82) is 0 Å². The normalized spacial score (nSPS) is 38.8. The third-order valence-electron chi connectivity index (χ3n) is 6.26. The SMILES string of the molecule is CCNC(Cc1cccc(C)c1)C1C2C3CCC(C3)C21. The van der Waals surface area contributed by atoms with Crippen molar-refractivity contribution in [1.82, 2.24) is 5.32 Å². The Morgan fingerprint density at radius 3 is 2.60 bits per heavy atom. The monoisotopic (exact) mass is 269 g/mol.